The minimum absolute atomic E-state index is 0.0897. The van der Waals surface area contributed by atoms with Crippen molar-refractivity contribution in [2.75, 3.05) is 0 Å². The SMILES string of the molecule is O=C1NC(=O)C2C1[C@@H]1C=C[C@H]2C1=C/C=C/c1ccccc1. The molecule has 3 aliphatic rings. The molecule has 2 fully saturated rings. The summed E-state index contributed by atoms with van der Waals surface area (Å²) in [4.78, 5) is 23.8. The van der Waals surface area contributed by atoms with Gasteiger partial charge in [-0.3, -0.25) is 14.9 Å². The lowest BCUT2D eigenvalue weighted by molar-refractivity contribution is -0.126. The first kappa shape index (κ1) is 12.3. The summed E-state index contributed by atoms with van der Waals surface area (Å²) in [6, 6.07) is 10.1. The predicted octanol–water partition coefficient (Wildman–Crippen LogP) is 2.33. The molecule has 1 saturated heterocycles. The van der Waals surface area contributed by atoms with E-state index in [0.717, 1.165) is 5.56 Å². The van der Waals surface area contributed by atoms with Gasteiger partial charge in [-0.05, 0) is 5.56 Å². The Labute approximate surface area is 123 Å². The van der Waals surface area contributed by atoms with Crippen molar-refractivity contribution < 1.29 is 9.59 Å². The van der Waals surface area contributed by atoms with Gasteiger partial charge in [0.2, 0.25) is 11.8 Å². The van der Waals surface area contributed by atoms with Crippen LogP contribution in [0.2, 0.25) is 0 Å². The number of hydrogen-bond donors (Lipinski definition) is 1. The van der Waals surface area contributed by atoms with Crippen molar-refractivity contribution in [2.45, 2.75) is 0 Å². The van der Waals surface area contributed by atoms with Gasteiger partial charge in [0.15, 0.2) is 0 Å². The van der Waals surface area contributed by atoms with Crippen molar-refractivity contribution in [3.05, 3.63) is 65.8 Å². The molecule has 1 N–H and O–H groups in total. The Balaban J connectivity index is 1.61. The highest BCUT2D eigenvalue weighted by Gasteiger charge is 2.58. The van der Waals surface area contributed by atoms with Gasteiger partial charge in [0.25, 0.3) is 0 Å². The zero-order valence-corrected chi connectivity index (χ0v) is 11.4. The van der Waals surface area contributed by atoms with E-state index in [-0.39, 0.29) is 35.5 Å². The van der Waals surface area contributed by atoms with E-state index in [4.69, 9.17) is 0 Å². The maximum absolute atomic E-state index is 11.9. The van der Waals surface area contributed by atoms with Crippen LogP contribution in [0, 0.1) is 23.7 Å². The summed E-state index contributed by atoms with van der Waals surface area (Å²) < 4.78 is 0. The van der Waals surface area contributed by atoms with E-state index in [9.17, 15) is 9.59 Å². The molecular weight excluding hydrogens is 262 g/mol. The van der Waals surface area contributed by atoms with E-state index in [2.05, 4.69) is 23.5 Å². The molecule has 0 spiro atoms. The largest absolute Gasteiger partial charge is 0.296 e. The van der Waals surface area contributed by atoms with Gasteiger partial charge in [-0.15, -0.1) is 0 Å². The molecule has 2 aliphatic carbocycles. The van der Waals surface area contributed by atoms with Crippen LogP contribution in [0.3, 0.4) is 0 Å². The first-order chi connectivity index (χ1) is 10.3. The van der Waals surface area contributed by atoms with E-state index in [0.29, 0.717) is 0 Å². The molecule has 3 nitrogen and oxygen atoms in total. The maximum atomic E-state index is 11.9. The Morgan fingerprint density at radius 3 is 2.14 bits per heavy atom. The fourth-order valence-corrected chi connectivity index (χ4v) is 3.78. The van der Waals surface area contributed by atoms with Gasteiger partial charge in [0, 0.05) is 11.8 Å². The molecule has 2 amide bonds. The summed E-state index contributed by atoms with van der Waals surface area (Å²) >= 11 is 0. The third kappa shape index (κ3) is 1.81. The lowest BCUT2D eigenvalue weighted by Crippen LogP contribution is -2.25. The molecule has 1 aromatic carbocycles. The third-order valence-corrected chi connectivity index (χ3v) is 4.69. The molecule has 2 unspecified atom stereocenters. The molecular formula is C18H15NO2. The molecule has 1 heterocycles. The summed E-state index contributed by atoms with van der Waals surface area (Å²) in [7, 11) is 0. The summed E-state index contributed by atoms with van der Waals surface area (Å²) in [6.45, 7) is 0. The van der Waals surface area contributed by atoms with Crippen molar-refractivity contribution >= 4 is 17.9 Å². The minimum Gasteiger partial charge on any atom is -0.296 e. The van der Waals surface area contributed by atoms with Gasteiger partial charge in [0.1, 0.15) is 0 Å². The van der Waals surface area contributed by atoms with E-state index in [1.54, 1.807) is 0 Å². The Morgan fingerprint density at radius 2 is 1.52 bits per heavy atom. The fraction of sp³-hybridized carbons (Fsp3) is 0.222. The monoisotopic (exact) mass is 277 g/mol. The van der Waals surface area contributed by atoms with Gasteiger partial charge in [-0.2, -0.15) is 0 Å². The lowest BCUT2D eigenvalue weighted by Gasteiger charge is -2.13. The zero-order chi connectivity index (χ0) is 14.4. The lowest BCUT2D eigenvalue weighted by atomic mass is 9.85. The van der Waals surface area contributed by atoms with Crippen LogP contribution >= 0.6 is 0 Å². The van der Waals surface area contributed by atoms with Gasteiger partial charge in [-0.1, -0.05) is 66.3 Å². The van der Waals surface area contributed by atoms with Crippen LogP contribution < -0.4 is 5.32 Å². The molecule has 4 atom stereocenters. The first-order valence-corrected chi connectivity index (χ1v) is 7.22. The number of carbonyl (C=O) groups excluding carboxylic acids is 2. The van der Waals surface area contributed by atoms with Crippen molar-refractivity contribution in [2.24, 2.45) is 23.7 Å². The van der Waals surface area contributed by atoms with Crippen LogP contribution in [-0.2, 0) is 9.59 Å². The minimum atomic E-state index is -0.191. The summed E-state index contributed by atoms with van der Waals surface area (Å²) in [5.74, 6) is -0.425. The number of imide groups is 1. The molecule has 2 bridgehead atoms. The number of rotatable bonds is 2. The van der Waals surface area contributed by atoms with Crippen molar-refractivity contribution in [3.63, 3.8) is 0 Å². The molecule has 0 aromatic heterocycles. The second-order valence-corrected chi connectivity index (χ2v) is 5.78. The quantitative estimate of drug-likeness (QED) is 0.666. The van der Waals surface area contributed by atoms with E-state index >= 15 is 0 Å². The van der Waals surface area contributed by atoms with Crippen LogP contribution in [0.15, 0.2) is 60.2 Å². The standard InChI is InChI=1S/C18H15NO2/c20-17-15-13-9-10-14(16(15)18(21)19-17)12(13)8-4-7-11-5-2-1-3-6-11/h1-10,13-16H,(H,19,20,21)/b7-4+,12-8?/t13-,14+,15?,16?. The molecule has 4 rings (SSSR count). The maximum Gasteiger partial charge on any atom is 0.231 e. The van der Waals surface area contributed by atoms with Crippen LogP contribution in [-0.4, -0.2) is 11.8 Å². The Morgan fingerprint density at radius 1 is 0.905 bits per heavy atom. The van der Waals surface area contributed by atoms with Crippen molar-refractivity contribution in [1.29, 1.82) is 0 Å². The smallest absolute Gasteiger partial charge is 0.231 e. The summed E-state index contributed by atoms with van der Waals surface area (Å²) in [5.41, 5.74) is 2.34. The van der Waals surface area contributed by atoms with Crippen LogP contribution in [0.5, 0.6) is 0 Å². The van der Waals surface area contributed by atoms with E-state index in [1.807, 2.05) is 42.5 Å². The number of nitrogens with one attached hydrogen (secondary N) is 1. The number of amides is 2. The van der Waals surface area contributed by atoms with Crippen molar-refractivity contribution in [3.8, 4) is 0 Å². The van der Waals surface area contributed by atoms with Gasteiger partial charge in [-0.25, -0.2) is 0 Å². The van der Waals surface area contributed by atoms with Gasteiger partial charge in [0.05, 0.1) is 11.8 Å². The predicted molar refractivity (Wildman–Crippen MR) is 79.8 cm³/mol. The first-order valence-electron chi connectivity index (χ1n) is 7.22. The Bertz CT molecular complexity index is 667. The highest BCUT2D eigenvalue weighted by atomic mass is 16.2. The summed E-state index contributed by atoms with van der Waals surface area (Å²) in [6.07, 6.45) is 10.3. The molecule has 1 aromatic rings. The summed E-state index contributed by atoms with van der Waals surface area (Å²) in [5, 5.41) is 2.46. The zero-order valence-electron chi connectivity index (χ0n) is 11.4. The third-order valence-electron chi connectivity index (χ3n) is 4.69. The number of fused-ring (bicyclic) bond motifs is 5. The highest BCUT2D eigenvalue weighted by molar-refractivity contribution is 6.07. The second kappa shape index (κ2) is 4.55. The molecule has 0 radical (unpaired) electrons. The van der Waals surface area contributed by atoms with E-state index in [1.165, 1.54) is 5.57 Å². The molecule has 1 saturated carbocycles. The highest BCUT2D eigenvalue weighted by Crippen LogP contribution is 2.53. The molecule has 21 heavy (non-hydrogen) atoms. The number of hydrogen-bond acceptors (Lipinski definition) is 2. The van der Waals surface area contributed by atoms with E-state index < -0.39 is 0 Å². The molecule has 3 heteroatoms. The van der Waals surface area contributed by atoms with Crippen LogP contribution in [0.1, 0.15) is 5.56 Å². The fourth-order valence-electron chi connectivity index (χ4n) is 3.78. The van der Waals surface area contributed by atoms with Crippen LogP contribution in [0.25, 0.3) is 6.08 Å². The normalized spacial score (nSPS) is 35.0. The number of carbonyl (C=O) groups is 2. The number of allylic oxidation sites excluding steroid dienone is 5. The average molecular weight is 277 g/mol. The number of benzene rings is 1. The Kier molecular flexibility index (Phi) is 2.67. The molecule has 104 valence electrons. The Hall–Kier alpha value is -2.42. The van der Waals surface area contributed by atoms with Crippen LogP contribution in [0.4, 0.5) is 0 Å². The van der Waals surface area contributed by atoms with Gasteiger partial charge < -0.3 is 0 Å². The van der Waals surface area contributed by atoms with Gasteiger partial charge >= 0.3 is 0 Å². The average Bonchev–Trinajstić information content (AvgIpc) is 3.12. The van der Waals surface area contributed by atoms with Crippen molar-refractivity contribution in [1.82, 2.24) is 5.32 Å². The molecule has 1 aliphatic heterocycles. The topological polar surface area (TPSA) is 46.2 Å². The second-order valence-electron chi connectivity index (χ2n) is 5.78.